The zero-order valence-corrected chi connectivity index (χ0v) is 19.6. The molecular weight excluding hydrogens is 442 g/mol. The number of hydrogen-bond acceptors (Lipinski definition) is 4. The predicted molar refractivity (Wildman–Crippen MR) is 127 cm³/mol. The third kappa shape index (κ3) is 4.95. The number of hydrogen-bond donors (Lipinski definition) is 0. The molecule has 1 fully saturated rings. The summed E-state index contributed by atoms with van der Waals surface area (Å²) in [5.41, 5.74) is 3.94. The molecule has 1 aliphatic heterocycles. The van der Waals surface area contributed by atoms with E-state index in [1.807, 2.05) is 54.6 Å². The van der Waals surface area contributed by atoms with Crippen LogP contribution in [0.5, 0.6) is 0 Å². The monoisotopic (exact) mass is 469 g/mol. The number of rotatable bonds is 7. The lowest BCUT2D eigenvalue weighted by atomic mass is 10.1. The van der Waals surface area contributed by atoms with E-state index in [1.54, 1.807) is 24.3 Å². The van der Waals surface area contributed by atoms with E-state index in [-0.39, 0.29) is 22.9 Å². The molecule has 1 saturated heterocycles. The summed E-state index contributed by atoms with van der Waals surface area (Å²) in [4.78, 5) is 0.173. The van der Waals surface area contributed by atoms with Gasteiger partial charge in [0.1, 0.15) is 0 Å². The molecule has 3 aromatic rings. The molecule has 0 N–H and O–H groups in total. The number of benzene rings is 3. The van der Waals surface area contributed by atoms with Gasteiger partial charge in [-0.15, -0.1) is 0 Å². The van der Waals surface area contributed by atoms with Gasteiger partial charge >= 0.3 is 0 Å². The van der Waals surface area contributed by atoms with E-state index in [4.69, 9.17) is 0 Å². The molecule has 0 aromatic heterocycles. The maximum absolute atomic E-state index is 13.6. The van der Waals surface area contributed by atoms with Crippen molar-refractivity contribution in [3.63, 3.8) is 0 Å². The van der Waals surface area contributed by atoms with E-state index in [1.165, 1.54) is 9.87 Å². The van der Waals surface area contributed by atoms with Gasteiger partial charge in [0.15, 0.2) is 9.84 Å². The van der Waals surface area contributed by atoms with Crippen molar-refractivity contribution in [3.8, 4) is 11.1 Å². The molecule has 4 rings (SSSR count). The highest BCUT2D eigenvalue weighted by Gasteiger charge is 2.38. The maximum atomic E-state index is 13.6. The van der Waals surface area contributed by atoms with Crippen LogP contribution < -0.4 is 0 Å². The summed E-state index contributed by atoms with van der Waals surface area (Å²) in [7, 11) is -7.11. The Morgan fingerprint density at radius 2 is 1.44 bits per heavy atom. The summed E-state index contributed by atoms with van der Waals surface area (Å²) in [6.45, 7) is 2.21. The van der Waals surface area contributed by atoms with Crippen molar-refractivity contribution >= 4 is 19.9 Å². The number of aryl methyl sites for hydroxylation is 1. The second-order valence-corrected chi connectivity index (χ2v) is 12.3. The molecular formula is C25H27NO4S2. The highest BCUT2D eigenvalue weighted by Crippen LogP contribution is 2.29. The topological polar surface area (TPSA) is 71.5 Å². The molecule has 0 amide bonds. The van der Waals surface area contributed by atoms with Gasteiger partial charge in [-0.3, -0.25) is 0 Å². The van der Waals surface area contributed by atoms with E-state index in [9.17, 15) is 16.8 Å². The van der Waals surface area contributed by atoms with Crippen molar-refractivity contribution < 1.29 is 16.8 Å². The molecule has 32 heavy (non-hydrogen) atoms. The van der Waals surface area contributed by atoms with Gasteiger partial charge in [0.25, 0.3) is 0 Å². The molecule has 0 bridgehead atoms. The Hall–Kier alpha value is -2.48. The van der Waals surface area contributed by atoms with Crippen molar-refractivity contribution in [1.29, 1.82) is 0 Å². The zero-order chi connectivity index (χ0) is 22.8. The van der Waals surface area contributed by atoms with Gasteiger partial charge in [-0.2, -0.15) is 4.31 Å². The Morgan fingerprint density at radius 1 is 0.844 bits per heavy atom. The SMILES string of the molecule is CCc1ccc(CN(C2CCS(=O)(=O)C2)S(=O)(=O)c2ccc(-c3ccccc3)cc2)cc1. The quantitative estimate of drug-likeness (QED) is 0.517. The van der Waals surface area contributed by atoms with E-state index in [2.05, 4.69) is 6.92 Å². The smallest absolute Gasteiger partial charge is 0.229 e. The van der Waals surface area contributed by atoms with E-state index >= 15 is 0 Å². The molecule has 1 unspecified atom stereocenters. The summed E-state index contributed by atoms with van der Waals surface area (Å²) >= 11 is 0. The predicted octanol–water partition coefficient (Wildman–Crippen LogP) is 4.29. The maximum Gasteiger partial charge on any atom is 0.243 e. The average Bonchev–Trinajstić information content (AvgIpc) is 3.17. The highest BCUT2D eigenvalue weighted by atomic mass is 32.2. The van der Waals surface area contributed by atoms with E-state index < -0.39 is 25.9 Å². The van der Waals surface area contributed by atoms with Crippen LogP contribution in [0.1, 0.15) is 24.5 Å². The van der Waals surface area contributed by atoms with Crippen LogP contribution in [-0.4, -0.2) is 38.7 Å². The second-order valence-electron chi connectivity index (χ2n) is 8.17. The highest BCUT2D eigenvalue weighted by molar-refractivity contribution is 7.92. The first-order chi connectivity index (χ1) is 15.3. The summed E-state index contributed by atoms with van der Waals surface area (Å²) in [5.74, 6) is -0.118. The fraction of sp³-hybridized carbons (Fsp3) is 0.280. The first kappa shape index (κ1) is 22.7. The minimum atomic E-state index is -3.88. The molecule has 7 heteroatoms. The van der Waals surface area contributed by atoms with Crippen LogP contribution >= 0.6 is 0 Å². The van der Waals surface area contributed by atoms with Gasteiger partial charge < -0.3 is 0 Å². The number of sulfonamides is 1. The molecule has 1 aliphatic rings. The Balaban J connectivity index is 1.67. The molecule has 3 aromatic carbocycles. The normalized spacial score (nSPS) is 18.1. The van der Waals surface area contributed by atoms with Crippen LogP contribution in [0.4, 0.5) is 0 Å². The summed E-state index contributed by atoms with van der Waals surface area (Å²) in [6.07, 6.45) is 1.22. The van der Waals surface area contributed by atoms with Crippen molar-refractivity contribution in [2.45, 2.75) is 37.2 Å². The molecule has 0 spiro atoms. The lowest BCUT2D eigenvalue weighted by Crippen LogP contribution is -2.40. The fourth-order valence-electron chi connectivity index (χ4n) is 4.06. The molecule has 5 nitrogen and oxygen atoms in total. The van der Waals surface area contributed by atoms with Crippen molar-refractivity contribution in [1.82, 2.24) is 4.31 Å². The Morgan fingerprint density at radius 3 is 2.00 bits per heavy atom. The third-order valence-electron chi connectivity index (χ3n) is 5.95. The molecule has 1 atom stereocenters. The Kier molecular flexibility index (Phi) is 6.51. The number of nitrogens with zero attached hydrogens (tertiary/aromatic N) is 1. The standard InChI is InChI=1S/C25H27NO4S2/c1-2-20-8-10-21(11-9-20)18-26(24-16-17-31(27,28)19-24)32(29,30)25-14-12-23(13-15-25)22-6-4-3-5-7-22/h3-15,24H,2,16-19H2,1H3. The van der Waals surface area contributed by atoms with Gasteiger partial charge in [-0.05, 0) is 47.2 Å². The number of sulfone groups is 1. The van der Waals surface area contributed by atoms with Crippen molar-refractivity contribution in [2.24, 2.45) is 0 Å². The summed E-state index contributed by atoms with van der Waals surface area (Å²) in [5, 5.41) is 0. The minimum Gasteiger partial charge on any atom is -0.229 e. The van der Waals surface area contributed by atoms with E-state index in [0.29, 0.717) is 6.42 Å². The van der Waals surface area contributed by atoms with E-state index in [0.717, 1.165) is 23.1 Å². The van der Waals surface area contributed by atoms with Gasteiger partial charge in [-0.1, -0.05) is 73.7 Å². The summed E-state index contributed by atoms with van der Waals surface area (Å²) < 4.78 is 52.9. The largest absolute Gasteiger partial charge is 0.243 e. The third-order valence-corrected chi connectivity index (χ3v) is 9.62. The van der Waals surface area contributed by atoms with Gasteiger partial charge in [0.2, 0.25) is 10.0 Å². The van der Waals surface area contributed by atoms with Gasteiger partial charge in [0.05, 0.1) is 16.4 Å². The first-order valence-electron chi connectivity index (χ1n) is 10.7. The molecule has 0 radical (unpaired) electrons. The molecule has 1 heterocycles. The van der Waals surface area contributed by atoms with Crippen LogP contribution in [0, 0.1) is 0 Å². The lowest BCUT2D eigenvalue weighted by Gasteiger charge is -2.27. The molecule has 168 valence electrons. The fourth-order valence-corrected chi connectivity index (χ4v) is 7.53. The van der Waals surface area contributed by atoms with Crippen LogP contribution in [0.2, 0.25) is 0 Å². The van der Waals surface area contributed by atoms with Crippen LogP contribution in [-0.2, 0) is 32.8 Å². The van der Waals surface area contributed by atoms with Crippen LogP contribution in [0.15, 0.2) is 83.8 Å². The average molecular weight is 470 g/mol. The summed E-state index contributed by atoms with van der Waals surface area (Å²) in [6, 6.07) is 23.8. The van der Waals surface area contributed by atoms with Crippen LogP contribution in [0.25, 0.3) is 11.1 Å². The molecule has 0 saturated carbocycles. The van der Waals surface area contributed by atoms with Gasteiger partial charge in [0, 0.05) is 12.6 Å². The van der Waals surface area contributed by atoms with Gasteiger partial charge in [-0.25, -0.2) is 16.8 Å². The van der Waals surface area contributed by atoms with Crippen molar-refractivity contribution in [3.05, 3.63) is 90.0 Å². The minimum absolute atomic E-state index is 0.0193. The molecule has 0 aliphatic carbocycles. The van der Waals surface area contributed by atoms with Crippen LogP contribution in [0.3, 0.4) is 0 Å². The second kappa shape index (κ2) is 9.17. The van der Waals surface area contributed by atoms with Crippen molar-refractivity contribution in [2.75, 3.05) is 11.5 Å². The Bertz CT molecular complexity index is 1270. The Labute approximate surface area is 190 Å². The first-order valence-corrected chi connectivity index (χ1v) is 14.0. The zero-order valence-electron chi connectivity index (χ0n) is 18.0. The lowest BCUT2D eigenvalue weighted by molar-refractivity contribution is 0.334.